The molecule has 0 amide bonds. The molecule has 0 radical (unpaired) electrons. The lowest BCUT2D eigenvalue weighted by Crippen LogP contribution is -3.00. The van der Waals surface area contributed by atoms with Gasteiger partial charge in [-0.05, 0) is 115 Å². The monoisotopic (exact) mass is 597 g/mol. The number of ether oxygens (including phenoxy) is 2. The minimum atomic E-state index is -0.0973. The summed E-state index contributed by atoms with van der Waals surface area (Å²) in [7, 11) is 0. The zero-order valence-corrected chi connectivity index (χ0v) is 28.1. The predicted molar refractivity (Wildman–Crippen MR) is 161 cm³/mol. The summed E-state index contributed by atoms with van der Waals surface area (Å²) >= 11 is 0. The highest BCUT2D eigenvalue weighted by molar-refractivity contribution is 5.68. The predicted octanol–water partition coefficient (Wildman–Crippen LogP) is 4.78. The van der Waals surface area contributed by atoms with E-state index in [1.54, 1.807) is 0 Å². The van der Waals surface area contributed by atoms with Crippen LogP contribution in [0.15, 0.2) is 30.6 Å². The van der Waals surface area contributed by atoms with Crippen molar-refractivity contribution < 1.29 is 31.2 Å². The van der Waals surface area contributed by atoms with Crippen LogP contribution in [-0.2, 0) is 20.8 Å². The fourth-order valence-electron chi connectivity index (χ4n) is 13.0. The molecule has 42 heavy (non-hydrogen) atoms. The van der Waals surface area contributed by atoms with Crippen molar-refractivity contribution >= 4 is 5.97 Å². The van der Waals surface area contributed by atoms with Crippen LogP contribution < -0.4 is 17.0 Å². The molecule has 0 spiro atoms. The molecule has 4 nitrogen and oxygen atoms in total. The third kappa shape index (κ3) is 4.08. The van der Waals surface area contributed by atoms with Gasteiger partial charge >= 0.3 is 5.97 Å². The second-order valence-electron chi connectivity index (χ2n) is 17.7. The molecular formula is C37H56ClNO3. The molecular weight excluding hydrogens is 542 g/mol. The van der Waals surface area contributed by atoms with Gasteiger partial charge in [0.1, 0.15) is 6.10 Å². The van der Waals surface area contributed by atoms with E-state index < -0.39 is 0 Å². The number of hydrogen-bond acceptors (Lipinski definition) is 3. The summed E-state index contributed by atoms with van der Waals surface area (Å²) in [6.45, 7) is 19.3. The molecule has 7 rings (SSSR count). The Morgan fingerprint density at radius 2 is 1.52 bits per heavy atom. The molecule has 234 valence electrons. The molecule has 5 heteroatoms. The third-order valence-electron chi connectivity index (χ3n) is 15.4. The first-order valence-electron chi connectivity index (χ1n) is 17.0. The first kappa shape index (κ1) is 30.9. The van der Waals surface area contributed by atoms with Crippen LogP contribution in [0, 0.1) is 56.2 Å². The molecule has 1 unspecified atom stereocenters. The number of carbonyl (C=O) groups is 1. The van der Waals surface area contributed by atoms with Crippen molar-refractivity contribution in [1.82, 2.24) is 0 Å². The number of fused-ring (bicyclic) bond motifs is 5. The van der Waals surface area contributed by atoms with E-state index >= 15 is 0 Å². The first-order valence-corrected chi connectivity index (χ1v) is 17.0. The van der Waals surface area contributed by atoms with E-state index in [0.29, 0.717) is 45.6 Å². The largest absolute Gasteiger partial charge is 1.00 e. The second-order valence-corrected chi connectivity index (χ2v) is 17.7. The minimum absolute atomic E-state index is 0. The highest BCUT2D eigenvalue weighted by Gasteiger charge is 2.72. The lowest BCUT2D eigenvalue weighted by molar-refractivity contribution is -0.686. The first-order chi connectivity index (χ1) is 19.3. The van der Waals surface area contributed by atoms with Gasteiger partial charge in [-0.15, -0.1) is 0 Å². The Labute approximate surface area is 261 Å². The number of pyridine rings is 1. The number of hydrogen-bond donors (Lipinski definition) is 0. The Hall–Kier alpha value is -1.13. The van der Waals surface area contributed by atoms with E-state index in [9.17, 15) is 4.79 Å². The second kappa shape index (κ2) is 9.93. The topological polar surface area (TPSA) is 39.4 Å². The summed E-state index contributed by atoms with van der Waals surface area (Å²) in [5.41, 5.74) is 1.81. The van der Waals surface area contributed by atoms with Gasteiger partial charge in [-0.2, -0.15) is 4.57 Å². The van der Waals surface area contributed by atoms with Gasteiger partial charge < -0.3 is 21.9 Å². The van der Waals surface area contributed by atoms with Gasteiger partial charge in [0.15, 0.2) is 12.4 Å². The van der Waals surface area contributed by atoms with E-state index in [1.807, 2.05) is 35.2 Å². The van der Waals surface area contributed by atoms with E-state index in [4.69, 9.17) is 9.47 Å². The SMILES string of the molecule is CC1(C)CC[C@]23CC[C@]4(C)[C@H](CC[C@@H]5[C@@]6(C)CCC(OC(=O)C[n+]7ccccc7)C(C)(C)[C@@H]6CC[C@]54C)[C@H]2[C@H]1OC3.[Cl-]. The van der Waals surface area contributed by atoms with Crippen LogP contribution in [0.5, 0.6) is 0 Å². The van der Waals surface area contributed by atoms with Gasteiger partial charge in [0.05, 0.1) is 12.7 Å². The van der Waals surface area contributed by atoms with Crippen molar-refractivity contribution in [2.45, 2.75) is 131 Å². The quantitative estimate of drug-likeness (QED) is 0.372. The molecule has 10 atom stereocenters. The van der Waals surface area contributed by atoms with Gasteiger partial charge in [0.25, 0.3) is 0 Å². The van der Waals surface area contributed by atoms with Gasteiger partial charge in [-0.25, -0.2) is 4.79 Å². The standard InChI is InChI=1S/C37H56NO3.ClH/c1-32(2)17-19-37-20-18-35(6)25(30(37)31(32)40-24-37)11-12-27-34(5)15-14-28(33(3,4)26(34)13-16-36(27,35)7)41-29(39)23-38-21-9-8-10-22-38;/h8-10,21-22,25-28,30-31H,11-20,23-24H2,1-7H3;1H/q+1;/p-1/t25-,26+,27-,28?,30+,31-,34+,35-,36-,37-;/m1./s1. The smallest absolute Gasteiger partial charge is 0.372 e. The maximum Gasteiger partial charge on any atom is 0.372 e. The van der Waals surface area contributed by atoms with Gasteiger partial charge in [0.2, 0.25) is 6.54 Å². The van der Waals surface area contributed by atoms with Crippen molar-refractivity contribution in [3.05, 3.63) is 30.6 Å². The average molecular weight is 598 g/mol. The Balaban J connectivity index is 0.00000316. The summed E-state index contributed by atoms with van der Waals surface area (Å²) in [5, 5.41) is 0. The highest BCUT2D eigenvalue weighted by atomic mass is 35.5. The van der Waals surface area contributed by atoms with Crippen LogP contribution in [0.1, 0.15) is 113 Å². The summed E-state index contributed by atoms with van der Waals surface area (Å²) in [5.74, 6) is 2.79. The fourth-order valence-corrected chi connectivity index (χ4v) is 13.0. The molecule has 0 aromatic carbocycles. The van der Waals surface area contributed by atoms with Crippen molar-refractivity contribution in [1.29, 1.82) is 0 Å². The van der Waals surface area contributed by atoms with Crippen LogP contribution in [0.25, 0.3) is 0 Å². The molecule has 6 fully saturated rings. The van der Waals surface area contributed by atoms with Gasteiger partial charge in [0, 0.05) is 17.5 Å². The molecule has 6 aliphatic rings. The molecule has 5 aliphatic carbocycles. The Bertz CT molecular complexity index is 1200. The number of aromatic nitrogens is 1. The molecule has 1 aromatic heterocycles. The van der Waals surface area contributed by atoms with Crippen molar-refractivity contribution in [2.75, 3.05) is 6.61 Å². The molecule has 1 saturated heterocycles. The number of esters is 1. The van der Waals surface area contributed by atoms with E-state index in [2.05, 4.69) is 48.5 Å². The summed E-state index contributed by atoms with van der Waals surface area (Å²) < 4.78 is 15.0. The summed E-state index contributed by atoms with van der Waals surface area (Å²) in [6, 6.07) is 5.92. The zero-order chi connectivity index (χ0) is 29.1. The summed E-state index contributed by atoms with van der Waals surface area (Å²) in [6.07, 6.45) is 17.3. The van der Waals surface area contributed by atoms with Crippen molar-refractivity contribution in [3.8, 4) is 0 Å². The summed E-state index contributed by atoms with van der Waals surface area (Å²) in [4.78, 5) is 13.1. The molecule has 2 heterocycles. The molecule has 0 N–H and O–H groups in total. The van der Waals surface area contributed by atoms with Crippen LogP contribution in [0.3, 0.4) is 0 Å². The Morgan fingerprint density at radius 1 is 0.810 bits per heavy atom. The zero-order valence-electron chi connectivity index (χ0n) is 27.4. The number of rotatable bonds is 3. The van der Waals surface area contributed by atoms with Crippen LogP contribution >= 0.6 is 0 Å². The normalized spacial score (nSPS) is 48.0. The van der Waals surface area contributed by atoms with Crippen molar-refractivity contribution in [2.24, 2.45) is 56.2 Å². The van der Waals surface area contributed by atoms with Gasteiger partial charge in [-0.3, -0.25) is 0 Å². The van der Waals surface area contributed by atoms with Crippen LogP contribution in [0.2, 0.25) is 0 Å². The fraction of sp³-hybridized carbons (Fsp3) is 0.838. The molecule has 1 aromatic rings. The molecule has 5 saturated carbocycles. The third-order valence-corrected chi connectivity index (χ3v) is 15.4. The lowest BCUT2D eigenvalue weighted by atomic mass is 9.31. The highest BCUT2D eigenvalue weighted by Crippen LogP contribution is 2.78. The Kier molecular flexibility index (Phi) is 7.30. The van der Waals surface area contributed by atoms with E-state index in [1.165, 1.54) is 57.8 Å². The Morgan fingerprint density at radius 3 is 2.26 bits per heavy atom. The molecule has 1 aliphatic heterocycles. The minimum Gasteiger partial charge on any atom is -1.00 e. The number of carbonyl (C=O) groups excluding carboxylic acids is 1. The number of nitrogens with zero attached hydrogens (tertiary/aromatic N) is 1. The molecule has 2 bridgehead atoms. The average Bonchev–Trinajstić information content (AvgIpc) is 3.25. The lowest BCUT2D eigenvalue weighted by Gasteiger charge is -2.73. The van der Waals surface area contributed by atoms with E-state index in [0.717, 1.165) is 30.8 Å². The van der Waals surface area contributed by atoms with Gasteiger partial charge in [-0.1, -0.05) is 54.5 Å². The number of halogens is 1. The maximum atomic E-state index is 13.1. The maximum absolute atomic E-state index is 13.1. The van der Waals surface area contributed by atoms with Crippen molar-refractivity contribution in [3.63, 3.8) is 0 Å². The van der Waals surface area contributed by atoms with Crippen LogP contribution in [0.4, 0.5) is 0 Å². The van der Waals surface area contributed by atoms with E-state index in [-0.39, 0.29) is 29.9 Å². The van der Waals surface area contributed by atoms with Crippen LogP contribution in [-0.4, -0.2) is 24.8 Å².